The molecule has 2 N–H and O–H groups in total. The lowest BCUT2D eigenvalue weighted by Gasteiger charge is -2.09. The van der Waals surface area contributed by atoms with Gasteiger partial charge in [-0.05, 0) is 13.0 Å². The van der Waals surface area contributed by atoms with E-state index in [2.05, 4.69) is 10.6 Å². The number of carbonyl (C=O) groups excluding carboxylic acids is 1. The summed E-state index contributed by atoms with van der Waals surface area (Å²) in [4.78, 5) is 10.4. The molecule has 0 aromatic carbocycles. The molecule has 0 bridgehead atoms. The summed E-state index contributed by atoms with van der Waals surface area (Å²) in [5.41, 5.74) is 0. The minimum absolute atomic E-state index is 0.114. The molecule has 0 aromatic heterocycles. The van der Waals surface area contributed by atoms with Crippen molar-refractivity contribution in [1.82, 2.24) is 10.6 Å². The van der Waals surface area contributed by atoms with Gasteiger partial charge in [-0.1, -0.05) is 0 Å². The maximum atomic E-state index is 11.6. The highest BCUT2D eigenvalue weighted by atomic mass is 19.3. The van der Waals surface area contributed by atoms with Crippen LogP contribution < -0.4 is 10.6 Å². The lowest BCUT2D eigenvalue weighted by molar-refractivity contribution is -0.132. The minimum atomic E-state index is -2.89. The summed E-state index contributed by atoms with van der Waals surface area (Å²) in [6, 6.07) is -0.114. The topological polar surface area (TPSA) is 41.1 Å². The molecule has 1 amide bonds. The third kappa shape index (κ3) is 2.42. The Hall–Kier alpha value is -0.710. The van der Waals surface area contributed by atoms with Crippen molar-refractivity contribution < 1.29 is 13.6 Å². The molecular weight excluding hydrogens is 154 g/mol. The van der Waals surface area contributed by atoms with Gasteiger partial charge in [-0.3, -0.25) is 4.79 Å². The smallest absolute Gasteiger partial charge is 0.315 e. The van der Waals surface area contributed by atoms with Gasteiger partial charge >= 0.3 is 6.43 Å². The number of nitrogens with one attached hydrogen (secondary N) is 2. The van der Waals surface area contributed by atoms with E-state index in [1.165, 1.54) is 0 Å². The molecule has 5 heteroatoms. The molecule has 0 saturated carbocycles. The van der Waals surface area contributed by atoms with Gasteiger partial charge in [0.05, 0.1) is 0 Å². The quantitative estimate of drug-likeness (QED) is 0.590. The molecular formula is C6H10F2N2O. The fourth-order valence-electron chi connectivity index (χ4n) is 1.04. The first-order valence-electron chi connectivity index (χ1n) is 3.49. The van der Waals surface area contributed by atoms with Crippen molar-refractivity contribution in [3.63, 3.8) is 0 Å². The largest absolute Gasteiger partial charge is 0.347 e. The van der Waals surface area contributed by atoms with Gasteiger partial charge in [0.25, 0.3) is 5.91 Å². The van der Waals surface area contributed by atoms with E-state index in [-0.39, 0.29) is 6.04 Å². The van der Waals surface area contributed by atoms with Crippen LogP contribution in [0.25, 0.3) is 0 Å². The molecule has 0 spiro atoms. The average Bonchev–Trinajstić information content (AvgIpc) is 2.39. The molecule has 1 atom stereocenters. The summed E-state index contributed by atoms with van der Waals surface area (Å²) >= 11 is 0. The normalized spacial score (nSPS) is 24.1. The van der Waals surface area contributed by atoms with Crippen LogP contribution in [0.2, 0.25) is 0 Å². The van der Waals surface area contributed by atoms with E-state index in [1.54, 1.807) is 0 Å². The Morgan fingerprint density at radius 2 is 2.36 bits per heavy atom. The number of hydrogen-bond donors (Lipinski definition) is 2. The first-order chi connectivity index (χ1) is 5.20. The molecule has 11 heavy (non-hydrogen) atoms. The molecule has 1 saturated heterocycles. The second-order valence-electron chi connectivity index (χ2n) is 2.50. The maximum Gasteiger partial charge on any atom is 0.315 e. The van der Waals surface area contributed by atoms with Gasteiger partial charge in [0.2, 0.25) is 0 Å². The van der Waals surface area contributed by atoms with E-state index in [0.717, 1.165) is 13.0 Å². The highest BCUT2D eigenvalue weighted by Crippen LogP contribution is 1.99. The molecule has 1 fully saturated rings. The van der Waals surface area contributed by atoms with Crippen LogP contribution in [-0.4, -0.2) is 31.5 Å². The Kier molecular flexibility index (Phi) is 2.76. The van der Waals surface area contributed by atoms with Crippen LogP contribution in [0.5, 0.6) is 0 Å². The Morgan fingerprint density at radius 3 is 2.82 bits per heavy atom. The van der Waals surface area contributed by atoms with Crippen molar-refractivity contribution in [2.24, 2.45) is 0 Å². The van der Waals surface area contributed by atoms with Gasteiger partial charge in [0, 0.05) is 12.6 Å². The monoisotopic (exact) mass is 164 g/mol. The van der Waals surface area contributed by atoms with E-state index in [9.17, 15) is 13.6 Å². The van der Waals surface area contributed by atoms with Crippen molar-refractivity contribution in [2.45, 2.75) is 18.9 Å². The fourth-order valence-corrected chi connectivity index (χ4v) is 1.04. The zero-order chi connectivity index (χ0) is 8.27. The van der Waals surface area contributed by atoms with E-state index in [1.807, 2.05) is 0 Å². The molecule has 1 aliphatic rings. The first kappa shape index (κ1) is 8.39. The summed E-state index contributed by atoms with van der Waals surface area (Å²) in [6.45, 7) is 1.38. The molecule has 1 rings (SSSR count). The van der Waals surface area contributed by atoms with Crippen molar-refractivity contribution in [3.05, 3.63) is 0 Å². The third-order valence-corrected chi connectivity index (χ3v) is 1.60. The second-order valence-corrected chi connectivity index (χ2v) is 2.50. The maximum absolute atomic E-state index is 11.6. The molecule has 0 unspecified atom stereocenters. The zero-order valence-corrected chi connectivity index (χ0v) is 5.94. The van der Waals surface area contributed by atoms with Crippen molar-refractivity contribution >= 4 is 5.91 Å². The first-order valence-corrected chi connectivity index (χ1v) is 3.49. The summed E-state index contributed by atoms with van der Waals surface area (Å²) in [7, 11) is 0. The van der Waals surface area contributed by atoms with Gasteiger partial charge in [-0.15, -0.1) is 0 Å². The molecule has 0 radical (unpaired) electrons. The Balaban J connectivity index is 2.24. The van der Waals surface area contributed by atoms with Crippen LogP contribution in [0.15, 0.2) is 0 Å². The Bertz CT molecular complexity index is 146. The van der Waals surface area contributed by atoms with Crippen LogP contribution in [0.3, 0.4) is 0 Å². The lowest BCUT2D eigenvalue weighted by Crippen LogP contribution is -2.39. The van der Waals surface area contributed by atoms with E-state index < -0.39 is 12.3 Å². The third-order valence-electron chi connectivity index (χ3n) is 1.60. The van der Waals surface area contributed by atoms with Gasteiger partial charge in [-0.2, -0.15) is 8.78 Å². The molecule has 0 aromatic rings. The number of amides is 1. The highest BCUT2D eigenvalue weighted by Gasteiger charge is 2.21. The summed E-state index contributed by atoms with van der Waals surface area (Å²) in [5.74, 6) is -1.17. The molecule has 0 aliphatic carbocycles. The van der Waals surface area contributed by atoms with Gasteiger partial charge in [-0.25, -0.2) is 0 Å². The van der Waals surface area contributed by atoms with Crippen LogP contribution >= 0.6 is 0 Å². The predicted molar refractivity (Wildman–Crippen MR) is 35.4 cm³/mol. The van der Waals surface area contributed by atoms with Gasteiger partial charge in [0.15, 0.2) is 0 Å². The molecule has 3 nitrogen and oxygen atoms in total. The van der Waals surface area contributed by atoms with Crippen LogP contribution in [0, 0.1) is 0 Å². The van der Waals surface area contributed by atoms with Crippen molar-refractivity contribution in [2.75, 3.05) is 13.1 Å². The standard InChI is InChI=1S/C6H10F2N2O/c7-5(8)6(11)10-4-1-2-9-3-4/h4-5,9H,1-3H2,(H,10,11)/t4-/m0/s1. The molecule has 1 heterocycles. The average molecular weight is 164 g/mol. The lowest BCUT2D eigenvalue weighted by atomic mass is 10.2. The highest BCUT2D eigenvalue weighted by molar-refractivity contribution is 5.79. The number of carbonyl (C=O) groups is 1. The van der Waals surface area contributed by atoms with E-state index >= 15 is 0 Å². The zero-order valence-electron chi connectivity index (χ0n) is 5.94. The Labute approximate surface area is 63.2 Å². The van der Waals surface area contributed by atoms with Crippen molar-refractivity contribution in [1.29, 1.82) is 0 Å². The van der Waals surface area contributed by atoms with Crippen LogP contribution in [-0.2, 0) is 4.79 Å². The molecule has 1 aliphatic heterocycles. The Morgan fingerprint density at radius 1 is 1.64 bits per heavy atom. The number of hydrogen-bond acceptors (Lipinski definition) is 2. The SMILES string of the molecule is O=C(N[C@H]1CCNC1)C(F)F. The van der Waals surface area contributed by atoms with E-state index in [0.29, 0.717) is 6.54 Å². The second kappa shape index (κ2) is 3.61. The van der Waals surface area contributed by atoms with Gasteiger partial charge < -0.3 is 10.6 Å². The summed E-state index contributed by atoms with van der Waals surface area (Å²) in [6.07, 6.45) is -2.16. The van der Waals surface area contributed by atoms with E-state index in [4.69, 9.17) is 0 Å². The summed E-state index contributed by atoms with van der Waals surface area (Å²) in [5, 5.41) is 5.18. The predicted octanol–water partition coefficient (Wildman–Crippen LogP) is -0.270. The number of alkyl halides is 2. The van der Waals surface area contributed by atoms with Crippen molar-refractivity contribution in [3.8, 4) is 0 Å². The minimum Gasteiger partial charge on any atom is -0.347 e. The summed E-state index contributed by atoms with van der Waals surface area (Å²) < 4.78 is 23.3. The number of rotatable bonds is 2. The number of halogens is 2. The fraction of sp³-hybridized carbons (Fsp3) is 0.833. The van der Waals surface area contributed by atoms with Crippen LogP contribution in [0.4, 0.5) is 8.78 Å². The molecule has 64 valence electrons. The van der Waals surface area contributed by atoms with Gasteiger partial charge in [0.1, 0.15) is 0 Å². The van der Waals surface area contributed by atoms with Crippen LogP contribution in [0.1, 0.15) is 6.42 Å².